The summed E-state index contributed by atoms with van der Waals surface area (Å²) in [6.45, 7) is 3.79. The van der Waals surface area contributed by atoms with Crippen LogP contribution in [0.5, 0.6) is 5.75 Å². The van der Waals surface area contributed by atoms with Crippen LogP contribution in [0.4, 0.5) is 0 Å². The molecule has 1 rings (SSSR count). The molecule has 0 spiro atoms. The Labute approximate surface area is 141 Å². The second-order valence-electron chi connectivity index (χ2n) is 5.63. The maximum atomic E-state index is 11.9. The van der Waals surface area contributed by atoms with Gasteiger partial charge in [0.2, 0.25) is 5.91 Å². The van der Waals surface area contributed by atoms with E-state index in [9.17, 15) is 19.5 Å². The van der Waals surface area contributed by atoms with Crippen LogP contribution in [0, 0.1) is 6.92 Å². The average molecular weight is 336 g/mol. The van der Waals surface area contributed by atoms with Crippen molar-refractivity contribution in [2.45, 2.75) is 45.6 Å². The number of amides is 2. The van der Waals surface area contributed by atoms with Crippen molar-refractivity contribution in [1.82, 2.24) is 10.6 Å². The van der Waals surface area contributed by atoms with Crippen molar-refractivity contribution in [2.75, 3.05) is 6.54 Å². The molecule has 0 aromatic heterocycles. The number of carbonyl (C=O) groups is 3. The molecule has 0 saturated carbocycles. The molecule has 7 nitrogen and oxygen atoms in total. The second-order valence-corrected chi connectivity index (χ2v) is 5.63. The topological polar surface area (TPSA) is 116 Å². The lowest BCUT2D eigenvalue weighted by atomic mass is 10.1. The van der Waals surface area contributed by atoms with Crippen molar-refractivity contribution in [3.8, 4) is 5.75 Å². The van der Waals surface area contributed by atoms with Crippen molar-refractivity contribution in [1.29, 1.82) is 0 Å². The SMILES string of the molecule is CCCCC(NC(=O)CCNC(=O)c1ccc(C)cc1O)C(=O)O. The number of carboxylic acids is 1. The van der Waals surface area contributed by atoms with Crippen molar-refractivity contribution in [3.63, 3.8) is 0 Å². The summed E-state index contributed by atoms with van der Waals surface area (Å²) in [6, 6.07) is 3.78. The summed E-state index contributed by atoms with van der Waals surface area (Å²) in [5.74, 6) is -2.11. The van der Waals surface area contributed by atoms with Gasteiger partial charge in [-0.25, -0.2) is 4.79 Å². The molecule has 1 unspecified atom stereocenters. The molecular weight excluding hydrogens is 312 g/mol. The van der Waals surface area contributed by atoms with Crippen molar-refractivity contribution in [2.24, 2.45) is 0 Å². The molecule has 24 heavy (non-hydrogen) atoms. The first-order valence-electron chi connectivity index (χ1n) is 7.95. The highest BCUT2D eigenvalue weighted by atomic mass is 16.4. The normalized spacial score (nSPS) is 11.6. The number of aryl methyl sites for hydroxylation is 1. The van der Waals surface area contributed by atoms with Crippen LogP contribution in [0.1, 0.15) is 48.5 Å². The highest BCUT2D eigenvalue weighted by Gasteiger charge is 2.19. The number of aliphatic carboxylic acids is 1. The van der Waals surface area contributed by atoms with Gasteiger partial charge in [0.15, 0.2) is 0 Å². The van der Waals surface area contributed by atoms with Gasteiger partial charge in [-0.1, -0.05) is 25.8 Å². The third kappa shape index (κ3) is 6.28. The van der Waals surface area contributed by atoms with Gasteiger partial charge in [0.25, 0.3) is 5.91 Å². The molecule has 7 heteroatoms. The Bertz CT molecular complexity index is 601. The number of unbranched alkanes of at least 4 members (excludes halogenated alkanes) is 1. The number of nitrogens with one attached hydrogen (secondary N) is 2. The Morgan fingerprint density at radius 1 is 1.25 bits per heavy atom. The van der Waals surface area contributed by atoms with Gasteiger partial charge in [-0.05, 0) is 31.0 Å². The fraction of sp³-hybridized carbons (Fsp3) is 0.471. The number of benzene rings is 1. The minimum absolute atomic E-state index is 0.0335. The number of aromatic hydroxyl groups is 1. The van der Waals surface area contributed by atoms with Crippen molar-refractivity contribution >= 4 is 17.8 Å². The van der Waals surface area contributed by atoms with E-state index >= 15 is 0 Å². The van der Waals surface area contributed by atoms with Crippen molar-refractivity contribution in [3.05, 3.63) is 29.3 Å². The first-order valence-corrected chi connectivity index (χ1v) is 7.95. The first-order chi connectivity index (χ1) is 11.3. The van der Waals surface area contributed by atoms with Gasteiger partial charge in [-0.2, -0.15) is 0 Å². The molecule has 0 heterocycles. The van der Waals surface area contributed by atoms with Crippen LogP contribution in [0.3, 0.4) is 0 Å². The van der Waals surface area contributed by atoms with E-state index in [-0.39, 0.29) is 24.3 Å². The van der Waals surface area contributed by atoms with E-state index in [0.717, 1.165) is 12.0 Å². The number of phenolic OH excluding ortho intramolecular Hbond substituents is 1. The van der Waals surface area contributed by atoms with E-state index in [2.05, 4.69) is 10.6 Å². The van der Waals surface area contributed by atoms with Crippen LogP contribution in [0.2, 0.25) is 0 Å². The van der Waals surface area contributed by atoms with Crippen LogP contribution >= 0.6 is 0 Å². The third-order valence-corrected chi connectivity index (χ3v) is 3.52. The summed E-state index contributed by atoms with van der Waals surface area (Å²) in [4.78, 5) is 34.8. The zero-order valence-electron chi connectivity index (χ0n) is 14.0. The van der Waals surface area contributed by atoms with Gasteiger partial charge < -0.3 is 20.8 Å². The van der Waals surface area contributed by atoms with Gasteiger partial charge in [0.1, 0.15) is 11.8 Å². The van der Waals surface area contributed by atoms with Crippen LogP contribution < -0.4 is 10.6 Å². The molecule has 1 aromatic carbocycles. The van der Waals surface area contributed by atoms with Gasteiger partial charge in [0, 0.05) is 13.0 Å². The lowest BCUT2D eigenvalue weighted by Gasteiger charge is -2.14. The Morgan fingerprint density at radius 2 is 1.96 bits per heavy atom. The minimum atomic E-state index is -1.06. The fourth-order valence-corrected chi connectivity index (χ4v) is 2.15. The smallest absolute Gasteiger partial charge is 0.326 e. The molecule has 1 aromatic rings. The standard InChI is InChI=1S/C17H24N2O5/c1-3-4-5-13(17(23)24)19-15(21)8-9-18-16(22)12-7-6-11(2)10-14(12)20/h6-7,10,13,20H,3-5,8-9H2,1-2H3,(H,18,22)(H,19,21)(H,23,24). The van der Waals surface area contributed by atoms with Crippen molar-refractivity contribution < 1.29 is 24.6 Å². The number of carboxylic acid groups (broad SMARTS) is 1. The molecule has 0 aliphatic carbocycles. The van der Waals surface area contributed by atoms with Gasteiger partial charge in [-0.3, -0.25) is 9.59 Å². The largest absolute Gasteiger partial charge is 0.507 e. The lowest BCUT2D eigenvalue weighted by molar-refractivity contribution is -0.142. The molecule has 132 valence electrons. The van der Waals surface area contributed by atoms with E-state index < -0.39 is 23.8 Å². The molecule has 1 atom stereocenters. The molecule has 2 amide bonds. The van der Waals surface area contributed by atoms with Crippen LogP contribution in [-0.4, -0.2) is 40.6 Å². The molecule has 0 aliphatic rings. The predicted octanol–water partition coefficient (Wildman–Crippen LogP) is 1.58. The molecule has 0 saturated heterocycles. The molecule has 0 radical (unpaired) electrons. The van der Waals surface area contributed by atoms with Crippen LogP contribution in [0.15, 0.2) is 18.2 Å². The fourth-order valence-electron chi connectivity index (χ4n) is 2.15. The maximum Gasteiger partial charge on any atom is 0.326 e. The van der Waals surface area contributed by atoms with E-state index in [1.165, 1.54) is 12.1 Å². The molecular formula is C17H24N2O5. The molecule has 0 bridgehead atoms. The lowest BCUT2D eigenvalue weighted by Crippen LogP contribution is -2.42. The van der Waals surface area contributed by atoms with E-state index in [1.54, 1.807) is 13.0 Å². The second kappa shape index (κ2) is 9.54. The molecule has 4 N–H and O–H groups in total. The summed E-state index contributed by atoms with van der Waals surface area (Å²) in [7, 11) is 0. The van der Waals surface area contributed by atoms with E-state index in [1.807, 2.05) is 6.92 Å². The number of carbonyl (C=O) groups excluding carboxylic acids is 2. The Kier molecular flexibility index (Phi) is 7.74. The zero-order chi connectivity index (χ0) is 18.1. The summed E-state index contributed by atoms with van der Waals surface area (Å²) in [6.07, 6.45) is 1.89. The molecule has 0 fully saturated rings. The molecule has 0 aliphatic heterocycles. The number of rotatable bonds is 9. The summed E-state index contributed by atoms with van der Waals surface area (Å²) in [5.41, 5.74) is 0.961. The van der Waals surface area contributed by atoms with Gasteiger partial charge >= 0.3 is 5.97 Å². The Morgan fingerprint density at radius 3 is 2.54 bits per heavy atom. The van der Waals surface area contributed by atoms with E-state index in [0.29, 0.717) is 12.8 Å². The maximum absolute atomic E-state index is 11.9. The third-order valence-electron chi connectivity index (χ3n) is 3.52. The minimum Gasteiger partial charge on any atom is -0.507 e. The first kappa shape index (κ1) is 19.5. The monoisotopic (exact) mass is 336 g/mol. The Hall–Kier alpha value is -2.57. The van der Waals surface area contributed by atoms with Gasteiger partial charge in [0.05, 0.1) is 5.56 Å². The number of hydrogen-bond acceptors (Lipinski definition) is 4. The average Bonchev–Trinajstić information content (AvgIpc) is 2.50. The summed E-state index contributed by atoms with van der Waals surface area (Å²) < 4.78 is 0. The van der Waals surface area contributed by atoms with Gasteiger partial charge in [-0.15, -0.1) is 0 Å². The highest BCUT2D eigenvalue weighted by molar-refractivity contribution is 5.97. The van der Waals surface area contributed by atoms with Crippen LogP contribution in [0.25, 0.3) is 0 Å². The Balaban J connectivity index is 2.44. The van der Waals surface area contributed by atoms with Crippen LogP contribution in [-0.2, 0) is 9.59 Å². The number of phenols is 1. The highest BCUT2D eigenvalue weighted by Crippen LogP contribution is 2.17. The summed E-state index contributed by atoms with van der Waals surface area (Å²) >= 11 is 0. The quantitative estimate of drug-likeness (QED) is 0.546. The summed E-state index contributed by atoms with van der Waals surface area (Å²) in [5, 5.41) is 23.8. The van der Waals surface area contributed by atoms with E-state index in [4.69, 9.17) is 5.11 Å². The number of hydrogen-bond donors (Lipinski definition) is 4. The predicted molar refractivity (Wildman–Crippen MR) is 88.9 cm³/mol. The zero-order valence-corrected chi connectivity index (χ0v) is 14.0.